The molecule has 0 aliphatic rings. The number of fused-ring (bicyclic) bond motifs is 1. The van der Waals surface area contributed by atoms with Crippen LogP contribution in [-0.4, -0.2) is 51.9 Å². The van der Waals surface area contributed by atoms with Crippen LogP contribution >= 0.6 is 0 Å². The summed E-state index contributed by atoms with van der Waals surface area (Å²) in [7, 11) is -4.03. The first-order valence-corrected chi connectivity index (χ1v) is 8.61. The number of sulfone groups is 1. The van der Waals surface area contributed by atoms with Crippen LogP contribution in [-0.2, 0) is 9.84 Å². The van der Waals surface area contributed by atoms with Crippen molar-refractivity contribution >= 4 is 26.8 Å². The molecule has 0 aliphatic carbocycles. The molecule has 0 atom stereocenters. The van der Waals surface area contributed by atoms with E-state index in [1.54, 1.807) is 0 Å². The number of carbonyl (C=O) groups is 1. The Morgan fingerprint density at radius 2 is 2.04 bits per heavy atom. The van der Waals surface area contributed by atoms with Crippen molar-refractivity contribution in [2.75, 3.05) is 6.26 Å². The quantitative estimate of drug-likeness (QED) is 0.695. The number of hydrogen-bond donors (Lipinski definition) is 2. The molecule has 0 unspecified atom stereocenters. The van der Waals surface area contributed by atoms with E-state index < -0.39 is 32.8 Å². The van der Waals surface area contributed by atoms with Crippen molar-refractivity contribution in [1.82, 2.24) is 19.7 Å². The van der Waals surface area contributed by atoms with Crippen molar-refractivity contribution < 1.29 is 36.2 Å². The molecule has 0 radical (unpaired) electrons. The van der Waals surface area contributed by atoms with E-state index in [1.165, 1.54) is 0 Å². The molecule has 2 aromatic heterocycles. The molecule has 2 heterocycles. The molecule has 2 N–H and O–H groups in total. The minimum Gasteiger partial charge on any atom is -0.478 e. The fourth-order valence-corrected chi connectivity index (χ4v) is 2.95. The fraction of sp³-hybridized carbons (Fsp3) is 0.154. The van der Waals surface area contributed by atoms with Gasteiger partial charge in [-0.15, -0.1) is 13.2 Å². The van der Waals surface area contributed by atoms with Crippen molar-refractivity contribution in [2.24, 2.45) is 0 Å². The molecule has 0 fully saturated rings. The monoisotopic (exact) mass is 390 g/mol. The van der Waals surface area contributed by atoms with E-state index in [-0.39, 0.29) is 22.5 Å². The predicted octanol–water partition coefficient (Wildman–Crippen LogP) is 1.75. The van der Waals surface area contributed by atoms with Gasteiger partial charge in [-0.05, 0) is 6.07 Å². The second-order valence-electron chi connectivity index (χ2n) is 5.18. The number of alkyl halides is 3. The van der Waals surface area contributed by atoms with E-state index in [4.69, 9.17) is 5.11 Å². The lowest BCUT2D eigenvalue weighted by atomic mass is 10.3. The first-order chi connectivity index (χ1) is 11.9. The Bertz CT molecular complexity index is 1120. The van der Waals surface area contributed by atoms with Crippen molar-refractivity contribution in [3.63, 3.8) is 0 Å². The topological polar surface area (TPSA) is 127 Å². The van der Waals surface area contributed by atoms with Crippen molar-refractivity contribution in [2.45, 2.75) is 11.3 Å². The number of halogens is 3. The molecule has 0 saturated carbocycles. The Morgan fingerprint density at radius 1 is 1.35 bits per heavy atom. The molecule has 3 rings (SSSR count). The van der Waals surface area contributed by atoms with Crippen LogP contribution in [0, 0.1) is 0 Å². The summed E-state index contributed by atoms with van der Waals surface area (Å²) in [4.78, 5) is 16.8. The Kier molecular flexibility index (Phi) is 3.90. The van der Waals surface area contributed by atoms with Gasteiger partial charge < -0.3 is 14.8 Å². The number of rotatable bonds is 4. The second kappa shape index (κ2) is 5.72. The molecule has 26 heavy (non-hydrogen) atoms. The second-order valence-corrected chi connectivity index (χ2v) is 7.16. The van der Waals surface area contributed by atoms with Crippen LogP contribution < -0.4 is 4.74 Å². The average Bonchev–Trinajstić information content (AvgIpc) is 3.09. The minimum absolute atomic E-state index is 0.0175. The lowest BCUT2D eigenvalue weighted by Crippen LogP contribution is -2.18. The van der Waals surface area contributed by atoms with Crippen LogP contribution in [0.2, 0.25) is 0 Å². The maximum Gasteiger partial charge on any atom is 0.573 e. The molecule has 13 heteroatoms. The molecule has 138 valence electrons. The molecule has 0 spiro atoms. The Morgan fingerprint density at radius 3 is 2.58 bits per heavy atom. The summed E-state index contributed by atoms with van der Waals surface area (Å²) in [5, 5.41) is 12.7. The van der Waals surface area contributed by atoms with E-state index in [1.807, 2.05) is 0 Å². The van der Waals surface area contributed by atoms with Gasteiger partial charge in [-0.3, -0.25) is 0 Å². The molecule has 3 aromatic rings. The SMILES string of the molecule is CS(=O)(=O)c1cc2[nH]c(-n3cc(C(=O)O)cn3)nc2cc1OC(F)(F)F. The molecule has 0 bridgehead atoms. The first kappa shape index (κ1) is 17.7. The third-order valence-corrected chi connectivity index (χ3v) is 4.32. The van der Waals surface area contributed by atoms with Crippen LogP contribution in [0.3, 0.4) is 0 Å². The standard InChI is InChI=1S/C13H9F3N4O5S/c1-26(23,24)10-3-8-7(2-9(10)25-13(14,15)16)18-12(19-8)20-5-6(4-17-20)11(21)22/h2-5H,1H3,(H,18,19)(H,21,22). The highest BCUT2D eigenvalue weighted by Crippen LogP contribution is 2.33. The lowest BCUT2D eigenvalue weighted by Gasteiger charge is -2.12. The van der Waals surface area contributed by atoms with Crippen molar-refractivity contribution in [1.29, 1.82) is 0 Å². The summed E-state index contributed by atoms with van der Waals surface area (Å²) < 4.78 is 66.0. The molecule has 9 nitrogen and oxygen atoms in total. The van der Waals surface area contributed by atoms with Gasteiger partial charge in [0.15, 0.2) is 9.84 Å². The number of H-pyrrole nitrogens is 1. The van der Waals surface area contributed by atoms with Gasteiger partial charge in [0.2, 0.25) is 5.95 Å². The highest BCUT2D eigenvalue weighted by atomic mass is 32.2. The number of hydrogen-bond acceptors (Lipinski definition) is 6. The van der Waals surface area contributed by atoms with E-state index in [9.17, 15) is 26.4 Å². The highest BCUT2D eigenvalue weighted by Gasteiger charge is 2.34. The van der Waals surface area contributed by atoms with Gasteiger partial charge in [0, 0.05) is 18.5 Å². The lowest BCUT2D eigenvalue weighted by molar-refractivity contribution is -0.275. The molecule has 1 aromatic carbocycles. The van der Waals surface area contributed by atoms with Gasteiger partial charge in [0.1, 0.15) is 10.6 Å². The van der Waals surface area contributed by atoms with Crippen LogP contribution in [0.4, 0.5) is 13.2 Å². The van der Waals surface area contributed by atoms with Crippen molar-refractivity contribution in [3.8, 4) is 11.7 Å². The first-order valence-electron chi connectivity index (χ1n) is 6.72. The normalized spacial score (nSPS) is 12.5. The maximum atomic E-state index is 12.5. The molecule has 0 aliphatic heterocycles. The number of imidazole rings is 1. The van der Waals surface area contributed by atoms with Crippen LogP contribution in [0.25, 0.3) is 17.0 Å². The molecule has 0 saturated heterocycles. The number of nitrogens with zero attached hydrogens (tertiary/aromatic N) is 3. The zero-order valence-electron chi connectivity index (χ0n) is 12.8. The van der Waals surface area contributed by atoms with Gasteiger partial charge in [-0.25, -0.2) is 22.9 Å². The largest absolute Gasteiger partial charge is 0.573 e. The third-order valence-electron chi connectivity index (χ3n) is 3.21. The zero-order valence-corrected chi connectivity index (χ0v) is 13.6. The summed E-state index contributed by atoms with van der Waals surface area (Å²) in [6.07, 6.45) is -2.17. The number of carboxylic acid groups (broad SMARTS) is 1. The van der Waals surface area contributed by atoms with E-state index in [2.05, 4.69) is 19.8 Å². The van der Waals surface area contributed by atoms with Crippen LogP contribution in [0.5, 0.6) is 5.75 Å². The van der Waals surface area contributed by atoms with Crippen LogP contribution in [0.1, 0.15) is 10.4 Å². The van der Waals surface area contributed by atoms with Crippen molar-refractivity contribution in [3.05, 3.63) is 30.1 Å². The van der Waals surface area contributed by atoms with Crippen LogP contribution in [0.15, 0.2) is 29.4 Å². The Labute approximate surface area is 142 Å². The zero-order chi connectivity index (χ0) is 19.3. The predicted molar refractivity (Wildman–Crippen MR) is 80.0 cm³/mol. The van der Waals surface area contributed by atoms with Gasteiger partial charge in [0.05, 0.1) is 22.8 Å². The minimum atomic E-state index is -5.09. The number of aromatic nitrogens is 4. The van der Waals surface area contributed by atoms with Gasteiger partial charge in [0.25, 0.3) is 0 Å². The van der Waals surface area contributed by atoms with Gasteiger partial charge in [-0.1, -0.05) is 0 Å². The van der Waals surface area contributed by atoms with E-state index in [0.717, 1.165) is 35.5 Å². The summed E-state index contributed by atoms with van der Waals surface area (Å²) in [5.41, 5.74) is -0.0651. The highest BCUT2D eigenvalue weighted by molar-refractivity contribution is 7.90. The van der Waals surface area contributed by atoms with E-state index in [0.29, 0.717) is 0 Å². The van der Waals surface area contributed by atoms with Gasteiger partial charge >= 0.3 is 12.3 Å². The average molecular weight is 390 g/mol. The maximum absolute atomic E-state index is 12.5. The molecular weight excluding hydrogens is 381 g/mol. The van der Waals surface area contributed by atoms with E-state index >= 15 is 0 Å². The number of benzene rings is 1. The number of nitrogens with one attached hydrogen (secondary N) is 1. The number of aromatic carboxylic acids is 1. The number of ether oxygens (including phenoxy) is 1. The summed E-state index contributed by atoms with van der Waals surface area (Å²) in [6.45, 7) is 0. The molecule has 0 amide bonds. The summed E-state index contributed by atoms with van der Waals surface area (Å²) in [6, 6.07) is 1.77. The molecular formula is C13H9F3N4O5S. The number of carboxylic acids is 1. The number of aromatic amines is 1. The Balaban J connectivity index is 2.15. The summed E-state index contributed by atoms with van der Waals surface area (Å²) >= 11 is 0. The Hall–Kier alpha value is -3.09. The third kappa shape index (κ3) is 3.46. The van der Waals surface area contributed by atoms with Gasteiger partial charge in [-0.2, -0.15) is 5.10 Å². The summed E-state index contributed by atoms with van der Waals surface area (Å²) in [5.74, 6) is -2.17. The fourth-order valence-electron chi connectivity index (χ4n) is 2.16. The smallest absolute Gasteiger partial charge is 0.478 e.